The van der Waals surface area contributed by atoms with Gasteiger partial charge in [0.05, 0.1) is 21.4 Å². The van der Waals surface area contributed by atoms with Crippen molar-refractivity contribution >= 4 is 62.7 Å². The Labute approximate surface area is 189 Å². The minimum Gasteiger partial charge on any atom is -0.269 e. The van der Waals surface area contributed by atoms with Crippen LogP contribution in [0.2, 0.25) is 10.0 Å². The third kappa shape index (κ3) is 4.31. The summed E-state index contributed by atoms with van der Waals surface area (Å²) in [4.78, 5) is 27.8. The Balaban J connectivity index is 1.56. The summed E-state index contributed by atoms with van der Waals surface area (Å²) in [6, 6.07) is 9.95. The van der Waals surface area contributed by atoms with Gasteiger partial charge in [-0.05, 0) is 25.1 Å². The first-order chi connectivity index (χ1) is 14.8. The van der Waals surface area contributed by atoms with Crippen molar-refractivity contribution in [3.63, 3.8) is 0 Å². The molecule has 9 nitrogen and oxygen atoms in total. The number of amides is 1. The van der Waals surface area contributed by atoms with Crippen molar-refractivity contribution in [1.82, 2.24) is 4.98 Å². The average Bonchev–Trinajstić information content (AvgIpc) is 3.34. The number of benzene rings is 2. The molecule has 4 rings (SSSR count). The fourth-order valence-electron chi connectivity index (χ4n) is 2.78. The van der Waals surface area contributed by atoms with Gasteiger partial charge in [-0.1, -0.05) is 35.3 Å². The Morgan fingerprint density at radius 2 is 2.03 bits per heavy atom. The molecular formula is C19H12Cl2N6O3S. The number of azo groups is 1. The maximum Gasteiger partial charge on any atom is 0.282 e. The number of hydrazone groups is 1. The molecule has 0 radical (unpaired) electrons. The molecule has 0 saturated carbocycles. The molecule has 156 valence electrons. The summed E-state index contributed by atoms with van der Waals surface area (Å²) in [5.74, 6) is -0.417. The molecule has 0 N–H and O–H groups in total. The van der Waals surface area contributed by atoms with Crippen LogP contribution in [0.3, 0.4) is 0 Å². The van der Waals surface area contributed by atoms with E-state index in [0.717, 1.165) is 5.01 Å². The molecule has 1 aliphatic rings. The van der Waals surface area contributed by atoms with Crippen LogP contribution in [0.5, 0.6) is 0 Å². The summed E-state index contributed by atoms with van der Waals surface area (Å²) in [5, 5.41) is 27.4. The first kappa shape index (κ1) is 21.0. The van der Waals surface area contributed by atoms with Crippen LogP contribution in [0.15, 0.2) is 63.2 Å². The Morgan fingerprint density at radius 3 is 2.81 bits per heavy atom. The van der Waals surface area contributed by atoms with E-state index in [1.165, 1.54) is 23.5 Å². The van der Waals surface area contributed by atoms with Crippen LogP contribution in [-0.2, 0) is 4.79 Å². The molecule has 2 aromatic carbocycles. The highest BCUT2D eigenvalue weighted by molar-refractivity contribution is 7.14. The number of nitro benzene ring substituents is 1. The van der Waals surface area contributed by atoms with Gasteiger partial charge in [0.25, 0.3) is 11.6 Å². The van der Waals surface area contributed by atoms with Crippen LogP contribution in [0.4, 0.5) is 16.5 Å². The molecule has 0 spiro atoms. The van der Waals surface area contributed by atoms with Crippen LogP contribution in [-0.4, -0.2) is 27.6 Å². The van der Waals surface area contributed by atoms with Crippen molar-refractivity contribution in [3.8, 4) is 11.3 Å². The second-order valence-electron chi connectivity index (χ2n) is 6.43. The molecule has 0 saturated heterocycles. The molecule has 1 atom stereocenters. The van der Waals surface area contributed by atoms with E-state index in [2.05, 4.69) is 20.3 Å². The zero-order chi connectivity index (χ0) is 22.1. The molecule has 1 aliphatic heterocycles. The van der Waals surface area contributed by atoms with Crippen LogP contribution in [0.1, 0.15) is 6.92 Å². The number of nitrogens with zero attached hydrogens (tertiary/aromatic N) is 6. The van der Waals surface area contributed by atoms with E-state index >= 15 is 0 Å². The van der Waals surface area contributed by atoms with E-state index in [1.54, 1.807) is 42.6 Å². The van der Waals surface area contributed by atoms with E-state index in [4.69, 9.17) is 23.2 Å². The smallest absolute Gasteiger partial charge is 0.269 e. The lowest BCUT2D eigenvalue weighted by molar-refractivity contribution is -0.384. The third-order valence-corrected chi connectivity index (χ3v) is 5.68. The largest absolute Gasteiger partial charge is 0.282 e. The SMILES string of the molecule is CC1=NN(c2nc(-c3cccc([N+](=O)[O-])c3)cs2)C(=O)[C@H]1N=Nc1cc(Cl)ccc1Cl. The number of hydrogen-bond donors (Lipinski definition) is 0. The maximum absolute atomic E-state index is 12.9. The highest BCUT2D eigenvalue weighted by Crippen LogP contribution is 2.33. The van der Waals surface area contributed by atoms with E-state index in [-0.39, 0.29) is 5.69 Å². The van der Waals surface area contributed by atoms with Gasteiger partial charge in [-0.3, -0.25) is 14.9 Å². The molecule has 1 amide bonds. The molecule has 0 fully saturated rings. The van der Waals surface area contributed by atoms with Gasteiger partial charge in [0.1, 0.15) is 5.69 Å². The number of hydrogen-bond acceptors (Lipinski definition) is 8. The first-order valence-corrected chi connectivity index (χ1v) is 10.4. The molecule has 2 heterocycles. The van der Waals surface area contributed by atoms with Gasteiger partial charge in [0.15, 0.2) is 6.04 Å². The summed E-state index contributed by atoms with van der Waals surface area (Å²) < 4.78 is 0. The highest BCUT2D eigenvalue weighted by Gasteiger charge is 2.36. The number of anilines is 1. The molecule has 0 bridgehead atoms. The van der Waals surface area contributed by atoms with Gasteiger partial charge in [-0.25, -0.2) is 4.98 Å². The quantitative estimate of drug-likeness (QED) is 0.260. The van der Waals surface area contributed by atoms with Gasteiger partial charge in [-0.2, -0.15) is 20.3 Å². The number of thiazole rings is 1. The summed E-state index contributed by atoms with van der Waals surface area (Å²) in [6.45, 7) is 1.66. The topological polar surface area (TPSA) is 113 Å². The fourth-order valence-corrected chi connectivity index (χ4v) is 3.89. The van der Waals surface area contributed by atoms with E-state index in [1.807, 2.05) is 0 Å². The Bertz CT molecular complexity index is 1260. The first-order valence-electron chi connectivity index (χ1n) is 8.79. The number of aromatic nitrogens is 1. The Hall–Kier alpha value is -3.21. The molecule has 12 heteroatoms. The predicted molar refractivity (Wildman–Crippen MR) is 120 cm³/mol. The van der Waals surface area contributed by atoms with Crippen molar-refractivity contribution in [2.45, 2.75) is 13.0 Å². The van der Waals surface area contributed by atoms with Crippen molar-refractivity contribution in [2.24, 2.45) is 15.3 Å². The average molecular weight is 475 g/mol. The molecule has 31 heavy (non-hydrogen) atoms. The second kappa shape index (κ2) is 8.50. The van der Waals surface area contributed by atoms with Crippen molar-refractivity contribution < 1.29 is 9.72 Å². The summed E-state index contributed by atoms with van der Waals surface area (Å²) in [6.07, 6.45) is 0. The highest BCUT2D eigenvalue weighted by atomic mass is 35.5. The second-order valence-corrected chi connectivity index (χ2v) is 8.11. The lowest BCUT2D eigenvalue weighted by Crippen LogP contribution is -2.29. The van der Waals surface area contributed by atoms with Crippen LogP contribution >= 0.6 is 34.5 Å². The third-order valence-electron chi connectivity index (χ3n) is 4.31. The molecule has 0 aliphatic carbocycles. The standard InChI is InChI=1S/C19H12Cl2N6O3S/c1-10-17(24-23-15-8-12(20)5-6-14(15)21)18(28)26(25-10)19-22-16(9-31-19)11-3-2-4-13(7-11)27(29)30/h2-9,17H,1H3/t17-/m0/s1. The maximum atomic E-state index is 12.9. The molecule has 3 aromatic rings. The number of nitro groups is 1. The predicted octanol–water partition coefficient (Wildman–Crippen LogP) is 5.90. The normalized spacial score (nSPS) is 16.2. The zero-order valence-electron chi connectivity index (χ0n) is 15.8. The number of non-ortho nitro benzene ring substituents is 1. The van der Waals surface area contributed by atoms with Crippen molar-refractivity contribution in [2.75, 3.05) is 5.01 Å². The minimum absolute atomic E-state index is 0.0432. The van der Waals surface area contributed by atoms with E-state index in [9.17, 15) is 14.9 Å². The number of rotatable bonds is 5. The van der Waals surface area contributed by atoms with Crippen LogP contribution < -0.4 is 5.01 Å². The van der Waals surface area contributed by atoms with Gasteiger partial charge >= 0.3 is 0 Å². The van der Waals surface area contributed by atoms with E-state index in [0.29, 0.717) is 37.8 Å². The summed E-state index contributed by atoms with van der Waals surface area (Å²) >= 11 is 13.2. The lowest BCUT2D eigenvalue weighted by Gasteiger charge is -2.08. The van der Waals surface area contributed by atoms with Crippen LogP contribution in [0, 0.1) is 10.1 Å². The van der Waals surface area contributed by atoms with Gasteiger partial charge < -0.3 is 0 Å². The van der Waals surface area contributed by atoms with Crippen molar-refractivity contribution in [3.05, 3.63) is 68.0 Å². The Kier molecular flexibility index (Phi) is 5.77. The minimum atomic E-state index is -0.916. The number of carbonyl (C=O) groups excluding carboxylic acids is 1. The fraction of sp³-hybridized carbons (Fsp3) is 0.105. The molecule has 0 unspecified atom stereocenters. The van der Waals surface area contributed by atoms with Gasteiger partial charge in [-0.15, -0.1) is 11.3 Å². The lowest BCUT2D eigenvalue weighted by atomic mass is 10.1. The monoisotopic (exact) mass is 474 g/mol. The van der Waals surface area contributed by atoms with Gasteiger partial charge in [0.2, 0.25) is 5.13 Å². The molecular weight excluding hydrogens is 463 g/mol. The van der Waals surface area contributed by atoms with Crippen molar-refractivity contribution in [1.29, 1.82) is 0 Å². The number of carbonyl (C=O) groups is 1. The molecule has 1 aromatic heterocycles. The van der Waals surface area contributed by atoms with Crippen LogP contribution in [0.25, 0.3) is 11.3 Å². The summed E-state index contributed by atoms with van der Waals surface area (Å²) in [7, 11) is 0. The Morgan fingerprint density at radius 1 is 1.23 bits per heavy atom. The van der Waals surface area contributed by atoms with Gasteiger partial charge in [0, 0.05) is 28.1 Å². The van der Waals surface area contributed by atoms with E-state index < -0.39 is 16.9 Å². The number of halogens is 2. The zero-order valence-corrected chi connectivity index (χ0v) is 18.1. The summed E-state index contributed by atoms with van der Waals surface area (Å²) in [5.41, 5.74) is 1.81.